The van der Waals surface area contributed by atoms with Crippen molar-refractivity contribution < 1.29 is 9.90 Å². The standard InChI is InChI=1S/C20H18BrNO2/c1-4-8-15-19-17(11-16(21)20(15)24)22(12(2)18(19)13(3)23)14-9-6-5-7-10-14/h4-7,9-11,24H,1,8H2,2-3H3. The van der Waals surface area contributed by atoms with E-state index in [9.17, 15) is 9.90 Å². The highest BCUT2D eigenvalue weighted by Crippen LogP contribution is 2.40. The van der Waals surface area contributed by atoms with E-state index >= 15 is 0 Å². The molecule has 3 nitrogen and oxygen atoms in total. The summed E-state index contributed by atoms with van der Waals surface area (Å²) in [6.07, 6.45) is 2.22. The third kappa shape index (κ3) is 2.47. The van der Waals surface area contributed by atoms with Crippen LogP contribution < -0.4 is 0 Å². The molecule has 0 amide bonds. The zero-order valence-electron chi connectivity index (χ0n) is 13.6. The normalized spacial score (nSPS) is 11.0. The third-order valence-corrected chi connectivity index (χ3v) is 4.84. The van der Waals surface area contributed by atoms with Gasteiger partial charge in [0.2, 0.25) is 0 Å². The van der Waals surface area contributed by atoms with E-state index in [-0.39, 0.29) is 11.5 Å². The van der Waals surface area contributed by atoms with Gasteiger partial charge in [-0.3, -0.25) is 4.79 Å². The van der Waals surface area contributed by atoms with Gasteiger partial charge in [-0.05, 0) is 54.4 Å². The first-order valence-corrected chi connectivity index (χ1v) is 8.49. The van der Waals surface area contributed by atoms with Crippen molar-refractivity contribution in [3.8, 4) is 11.4 Å². The van der Waals surface area contributed by atoms with E-state index in [1.807, 2.05) is 43.3 Å². The molecule has 0 unspecified atom stereocenters. The Bertz CT molecular complexity index is 955. The number of para-hydroxylation sites is 1. The fourth-order valence-electron chi connectivity index (χ4n) is 3.29. The van der Waals surface area contributed by atoms with Crippen LogP contribution in [-0.4, -0.2) is 15.5 Å². The van der Waals surface area contributed by atoms with Crippen molar-refractivity contribution in [3.05, 3.63) is 70.3 Å². The van der Waals surface area contributed by atoms with Crippen molar-refractivity contribution in [2.24, 2.45) is 0 Å². The Balaban J connectivity index is 2.54. The van der Waals surface area contributed by atoms with Gasteiger partial charge < -0.3 is 9.67 Å². The predicted molar refractivity (Wildman–Crippen MR) is 101 cm³/mol. The second-order valence-electron chi connectivity index (χ2n) is 5.76. The fraction of sp³-hybridized carbons (Fsp3) is 0.150. The average Bonchev–Trinajstić information content (AvgIpc) is 2.84. The molecule has 0 fully saturated rings. The Kier molecular flexibility index (Phi) is 4.33. The predicted octanol–water partition coefficient (Wildman–Crippen LogP) is 5.34. The first-order valence-electron chi connectivity index (χ1n) is 7.70. The molecule has 24 heavy (non-hydrogen) atoms. The first kappa shape index (κ1) is 16.5. The van der Waals surface area contributed by atoms with Crippen LogP contribution in [-0.2, 0) is 6.42 Å². The number of phenolic OH excluding ortho intramolecular Hbond substituents is 1. The number of rotatable bonds is 4. The molecule has 2 aromatic carbocycles. The summed E-state index contributed by atoms with van der Waals surface area (Å²) in [6, 6.07) is 11.8. The number of fused-ring (bicyclic) bond motifs is 1. The number of aromatic hydroxyl groups is 1. The molecule has 0 bridgehead atoms. The second-order valence-corrected chi connectivity index (χ2v) is 6.61. The summed E-state index contributed by atoms with van der Waals surface area (Å²) in [7, 11) is 0. The Hall–Kier alpha value is -2.33. The van der Waals surface area contributed by atoms with E-state index in [1.165, 1.54) is 0 Å². The smallest absolute Gasteiger partial charge is 0.162 e. The third-order valence-electron chi connectivity index (χ3n) is 4.24. The van der Waals surface area contributed by atoms with Gasteiger partial charge in [0, 0.05) is 27.9 Å². The highest BCUT2D eigenvalue weighted by atomic mass is 79.9. The lowest BCUT2D eigenvalue weighted by Gasteiger charge is -2.11. The quantitative estimate of drug-likeness (QED) is 0.488. The minimum absolute atomic E-state index is 0.0146. The number of halogens is 1. The lowest BCUT2D eigenvalue weighted by atomic mass is 9.99. The van der Waals surface area contributed by atoms with Crippen LogP contribution in [0.5, 0.6) is 5.75 Å². The van der Waals surface area contributed by atoms with E-state index < -0.39 is 0 Å². The molecule has 1 heterocycles. The number of carbonyl (C=O) groups excluding carboxylic acids is 1. The number of ketones is 1. The van der Waals surface area contributed by atoms with E-state index in [0.717, 1.165) is 27.8 Å². The van der Waals surface area contributed by atoms with Gasteiger partial charge in [-0.2, -0.15) is 0 Å². The summed E-state index contributed by atoms with van der Waals surface area (Å²) >= 11 is 3.43. The van der Waals surface area contributed by atoms with Gasteiger partial charge in [0.15, 0.2) is 5.78 Å². The molecular formula is C20H18BrNO2. The summed E-state index contributed by atoms with van der Waals surface area (Å²) < 4.78 is 2.67. The van der Waals surface area contributed by atoms with E-state index in [4.69, 9.17) is 0 Å². The highest BCUT2D eigenvalue weighted by molar-refractivity contribution is 9.10. The average molecular weight is 384 g/mol. The van der Waals surface area contributed by atoms with Crippen LogP contribution in [0.15, 0.2) is 53.5 Å². The molecule has 0 aliphatic heterocycles. The molecule has 0 aliphatic carbocycles. The van der Waals surface area contributed by atoms with Gasteiger partial charge in [-0.25, -0.2) is 0 Å². The number of hydrogen-bond donors (Lipinski definition) is 1. The zero-order chi connectivity index (χ0) is 17.4. The van der Waals surface area contributed by atoms with Crippen LogP contribution in [0.1, 0.15) is 28.5 Å². The fourth-order valence-corrected chi connectivity index (χ4v) is 3.75. The van der Waals surface area contributed by atoms with Crippen LogP contribution in [0.2, 0.25) is 0 Å². The molecule has 0 aliphatic rings. The molecule has 0 spiro atoms. The van der Waals surface area contributed by atoms with E-state index in [0.29, 0.717) is 16.5 Å². The topological polar surface area (TPSA) is 42.2 Å². The van der Waals surface area contributed by atoms with Crippen LogP contribution in [0, 0.1) is 6.92 Å². The van der Waals surface area contributed by atoms with E-state index in [2.05, 4.69) is 27.1 Å². The summed E-state index contributed by atoms with van der Waals surface area (Å²) in [5.41, 5.74) is 4.11. The Morgan fingerprint density at radius 2 is 2.00 bits per heavy atom. The summed E-state index contributed by atoms with van der Waals surface area (Å²) in [4.78, 5) is 12.3. The SMILES string of the molecule is C=CCc1c(O)c(Br)cc2c1c(C(C)=O)c(C)n2-c1ccccc1. The van der Waals surface area contributed by atoms with Crippen molar-refractivity contribution >= 4 is 32.6 Å². The van der Waals surface area contributed by atoms with Crippen molar-refractivity contribution in [2.75, 3.05) is 0 Å². The maximum atomic E-state index is 12.3. The lowest BCUT2D eigenvalue weighted by Crippen LogP contribution is -1.99. The first-order chi connectivity index (χ1) is 11.5. The van der Waals surface area contributed by atoms with Crippen LogP contribution in [0.4, 0.5) is 0 Å². The second kappa shape index (κ2) is 6.29. The number of Topliss-reactive ketones (excluding diaryl/α,β-unsaturated/α-hetero) is 1. The van der Waals surface area contributed by atoms with Gasteiger partial charge >= 0.3 is 0 Å². The Morgan fingerprint density at radius 3 is 2.58 bits per heavy atom. The summed E-state index contributed by atoms with van der Waals surface area (Å²) in [6.45, 7) is 7.28. The number of nitrogens with zero attached hydrogens (tertiary/aromatic N) is 1. The van der Waals surface area contributed by atoms with Crippen LogP contribution in [0.3, 0.4) is 0 Å². The lowest BCUT2D eigenvalue weighted by molar-refractivity contribution is 0.101. The molecule has 1 N–H and O–H groups in total. The van der Waals surface area contributed by atoms with Crippen molar-refractivity contribution in [2.45, 2.75) is 20.3 Å². The minimum Gasteiger partial charge on any atom is -0.506 e. The highest BCUT2D eigenvalue weighted by Gasteiger charge is 2.23. The molecule has 122 valence electrons. The molecule has 0 radical (unpaired) electrons. The van der Waals surface area contributed by atoms with E-state index in [1.54, 1.807) is 13.0 Å². The van der Waals surface area contributed by atoms with Gasteiger partial charge in [-0.15, -0.1) is 6.58 Å². The number of carbonyl (C=O) groups is 1. The monoisotopic (exact) mass is 383 g/mol. The minimum atomic E-state index is -0.0146. The number of allylic oxidation sites excluding steroid dienone is 1. The van der Waals surface area contributed by atoms with Crippen molar-refractivity contribution in [3.63, 3.8) is 0 Å². The van der Waals surface area contributed by atoms with Gasteiger partial charge in [0.05, 0.1) is 9.99 Å². The van der Waals surface area contributed by atoms with Gasteiger partial charge in [0.1, 0.15) is 5.75 Å². The summed E-state index contributed by atoms with van der Waals surface area (Å²) in [5, 5.41) is 11.3. The molecular weight excluding hydrogens is 366 g/mol. The largest absolute Gasteiger partial charge is 0.506 e. The Morgan fingerprint density at radius 1 is 1.33 bits per heavy atom. The molecule has 0 saturated carbocycles. The van der Waals surface area contributed by atoms with Crippen LogP contribution in [0.25, 0.3) is 16.6 Å². The van der Waals surface area contributed by atoms with Gasteiger partial charge in [-0.1, -0.05) is 24.3 Å². The number of phenols is 1. The maximum Gasteiger partial charge on any atom is 0.162 e. The zero-order valence-corrected chi connectivity index (χ0v) is 15.2. The number of aromatic nitrogens is 1. The molecule has 0 atom stereocenters. The summed E-state index contributed by atoms with van der Waals surface area (Å²) in [5.74, 6) is 0.148. The number of benzene rings is 2. The maximum absolute atomic E-state index is 12.3. The van der Waals surface area contributed by atoms with Gasteiger partial charge in [0.25, 0.3) is 0 Å². The molecule has 0 saturated heterocycles. The molecule has 1 aromatic heterocycles. The van der Waals surface area contributed by atoms with Crippen molar-refractivity contribution in [1.82, 2.24) is 4.57 Å². The Labute approximate surface area is 149 Å². The number of hydrogen-bond acceptors (Lipinski definition) is 2. The molecule has 4 heteroatoms. The van der Waals surface area contributed by atoms with Crippen LogP contribution >= 0.6 is 15.9 Å². The molecule has 3 rings (SSSR count). The van der Waals surface area contributed by atoms with Crippen molar-refractivity contribution in [1.29, 1.82) is 0 Å². The molecule has 3 aromatic rings.